The Labute approximate surface area is 181 Å². The Morgan fingerprint density at radius 2 is 1.74 bits per heavy atom. The molecule has 166 valence electrons. The largest absolute Gasteiger partial charge is 0.455 e. The van der Waals surface area contributed by atoms with E-state index in [0.717, 1.165) is 17.8 Å². The Bertz CT molecular complexity index is 866. The molecule has 1 aromatic carbocycles. The maximum Gasteiger partial charge on any atom is 0.311 e. The molecule has 1 N–H and O–H groups in total. The summed E-state index contributed by atoms with van der Waals surface area (Å²) in [6.07, 6.45) is 7.64. The van der Waals surface area contributed by atoms with Crippen molar-refractivity contribution in [1.82, 2.24) is 5.32 Å². The maximum atomic E-state index is 14.0. The zero-order chi connectivity index (χ0) is 21.6. The number of hydrogen-bond acceptors (Lipinski definition) is 4. The van der Waals surface area contributed by atoms with Crippen molar-refractivity contribution in [2.24, 2.45) is 29.1 Å². The van der Waals surface area contributed by atoms with Crippen molar-refractivity contribution in [1.29, 1.82) is 0 Å². The second kappa shape index (κ2) is 7.92. The molecular formula is C24H29FN2O4. The fraction of sp³-hybridized carbons (Fsp3) is 0.625. The van der Waals surface area contributed by atoms with E-state index in [1.165, 1.54) is 55.6 Å². The lowest BCUT2D eigenvalue weighted by Gasteiger charge is -2.56. The summed E-state index contributed by atoms with van der Waals surface area (Å²) in [6.45, 7) is 0.388. The highest BCUT2D eigenvalue weighted by Crippen LogP contribution is 2.59. The van der Waals surface area contributed by atoms with Gasteiger partial charge in [-0.25, -0.2) is 4.39 Å². The van der Waals surface area contributed by atoms with Crippen LogP contribution in [0.4, 0.5) is 10.1 Å². The molecule has 5 fully saturated rings. The van der Waals surface area contributed by atoms with Gasteiger partial charge in [0.2, 0.25) is 5.91 Å². The van der Waals surface area contributed by atoms with Gasteiger partial charge in [-0.3, -0.25) is 14.4 Å². The van der Waals surface area contributed by atoms with Gasteiger partial charge in [0.1, 0.15) is 5.82 Å². The molecule has 2 amide bonds. The number of carbonyl (C=O) groups excluding carboxylic acids is 3. The van der Waals surface area contributed by atoms with Crippen LogP contribution in [-0.2, 0) is 19.1 Å². The van der Waals surface area contributed by atoms with Gasteiger partial charge in [-0.15, -0.1) is 0 Å². The third-order valence-corrected chi connectivity index (χ3v) is 7.77. The van der Waals surface area contributed by atoms with Gasteiger partial charge in [-0.05, 0) is 73.8 Å². The maximum absolute atomic E-state index is 14.0. The van der Waals surface area contributed by atoms with Crippen molar-refractivity contribution < 1.29 is 23.5 Å². The summed E-state index contributed by atoms with van der Waals surface area (Å²) >= 11 is 0. The van der Waals surface area contributed by atoms with Gasteiger partial charge in [0.25, 0.3) is 5.91 Å². The number of rotatable bonds is 6. The number of para-hydroxylation sites is 1. The first kappa shape index (κ1) is 20.5. The van der Waals surface area contributed by atoms with E-state index in [0.29, 0.717) is 6.54 Å². The minimum atomic E-state index is -0.692. The van der Waals surface area contributed by atoms with E-state index in [1.54, 1.807) is 12.1 Å². The summed E-state index contributed by atoms with van der Waals surface area (Å²) in [6, 6.07) is 5.99. The number of halogens is 1. The van der Waals surface area contributed by atoms with Crippen molar-refractivity contribution in [3.63, 3.8) is 0 Å². The number of nitrogens with zero attached hydrogens (tertiary/aromatic N) is 1. The van der Waals surface area contributed by atoms with Crippen molar-refractivity contribution in [2.45, 2.75) is 44.9 Å². The molecule has 5 aliphatic rings. The van der Waals surface area contributed by atoms with E-state index < -0.39 is 17.7 Å². The van der Waals surface area contributed by atoms with E-state index >= 15 is 0 Å². The molecule has 1 aromatic rings. The van der Waals surface area contributed by atoms with Gasteiger partial charge < -0.3 is 15.0 Å². The Kier molecular flexibility index (Phi) is 5.22. The molecule has 1 heterocycles. The van der Waals surface area contributed by atoms with Crippen LogP contribution in [0, 0.1) is 34.9 Å². The van der Waals surface area contributed by atoms with E-state index in [9.17, 15) is 18.8 Å². The summed E-state index contributed by atoms with van der Waals surface area (Å²) in [7, 11) is 0. The van der Waals surface area contributed by atoms with Crippen molar-refractivity contribution in [3.8, 4) is 0 Å². The number of nitrogens with one attached hydrogen (secondary N) is 1. The van der Waals surface area contributed by atoms with Crippen LogP contribution in [0.3, 0.4) is 0 Å². The molecule has 6 nitrogen and oxygen atoms in total. The van der Waals surface area contributed by atoms with E-state index in [2.05, 4.69) is 5.32 Å². The summed E-state index contributed by atoms with van der Waals surface area (Å²) < 4.78 is 19.2. The lowest BCUT2D eigenvalue weighted by molar-refractivity contribution is -0.152. The van der Waals surface area contributed by atoms with Crippen LogP contribution in [-0.4, -0.2) is 37.5 Å². The summed E-state index contributed by atoms with van der Waals surface area (Å²) in [5, 5.41) is 2.99. The van der Waals surface area contributed by atoms with Crippen molar-refractivity contribution >= 4 is 23.5 Å². The minimum absolute atomic E-state index is 0.0396. The topological polar surface area (TPSA) is 75.7 Å². The van der Waals surface area contributed by atoms with Crippen LogP contribution in [0.5, 0.6) is 0 Å². The highest BCUT2D eigenvalue weighted by Gasteiger charge is 2.50. The Morgan fingerprint density at radius 1 is 1.10 bits per heavy atom. The second-order valence-corrected chi connectivity index (χ2v) is 10.2. The van der Waals surface area contributed by atoms with Crippen LogP contribution in [0.1, 0.15) is 44.9 Å². The van der Waals surface area contributed by atoms with Gasteiger partial charge in [-0.1, -0.05) is 12.1 Å². The van der Waals surface area contributed by atoms with E-state index in [4.69, 9.17) is 4.74 Å². The number of anilines is 1. The van der Waals surface area contributed by atoms with Crippen LogP contribution < -0.4 is 10.2 Å². The molecule has 0 aromatic heterocycles. The first-order valence-corrected chi connectivity index (χ1v) is 11.4. The Balaban J connectivity index is 1.10. The van der Waals surface area contributed by atoms with Gasteiger partial charge in [-0.2, -0.15) is 0 Å². The molecule has 4 bridgehead atoms. The van der Waals surface area contributed by atoms with E-state index in [-0.39, 0.29) is 42.5 Å². The Morgan fingerprint density at radius 3 is 2.39 bits per heavy atom. The molecule has 0 spiro atoms. The quantitative estimate of drug-likeness (QED) is 0.707. The van der Waals surface area contributed by atoms with Crippen LogP contribution in [0.15, 0.2) is 24.3 Å². The molecule has 0 unspecified atom stereocenters. The number of esters is 1. The van der Waals surface area contributed by atoms with Gasteiger partial charge >= 0.3 is 5.97 Å². The summed E-state index contributed by atoms with van der Waals surface area (Å²) in [5.41, 5.74) is 0.392. The predicted molar refractivity (Wildman–Crippen MR) is 111 cm³/mol. The fourth-order valence-electron chi connectivity index (χ4n) is 6.87. The number of carbonyl (C=O) groups is 3. The number of ether oxygens (including phenoxy) is 1. The first-order chi connectivity index (χ1) is 14.9. The molecule has 1 aliphatic heterocycles. The average Bonchev–Trinajstić information content (AvgIpc) is 3.11. The highest BCUT2D eigenvalue weighted by molar-refractivity contribution is 5.99. The number of hydrogen-bond donors (Lipinski definition) is 1. The van der Waals surface area contributed by atoms with Gasteiger partial charge in [0.15, 0.2) is 6.61 Å². The average molecular weight is 429 g/mol. The first-order valence-electron chi connectivity index (χ1n) is 11.4. The third-order valence-electron chi connectivity index (χ3n) is 7.77. The predicted octanol–water partition coefficient (Wildman–Crippen LogP) is 3.05. The molecule has 4 aliphatic carbocycles. The van der Waals surface area contributed by atoms with E-state index in [1.807, 2.05) is 0 Å². The molecular weight excluding hydrogens is 399 g/mol. The monoisotopic (exact) mass is 428 g/mol. The SMILES string of the molecule is O=C(COC(=O)[C@H]1CC(=O)N(c2ccccc2F)C1)NCC12CC3CC(CC(C3)C1)C2. The second-order valence-electron chi connectivity index (χ2n) is 10.2. The third kappa shape index (κ3) is 4.06. The van der Waals surface area contributed by atoms with Gasteiger partial charge in [0, 0.05) is 19.5 Å². The number of amides is 2. The molecule has 7 heteroatoms. The highest BCUT2D eigenvalue weighted by atomic mass is 19.1. The molecule has 31 heavy (non-hydrogen) atoms. The molecule has 6 rings (SSSR count). The van der Waals surface area contributed by atoms with Crippen molar-refractivity contribution in [3.05, 3.63) is 30.1 Å². The summed E-state index contributed by atoms with van der Waals surface area (Å²) in [4.78, 5) is 38.3. The number of benzene rings is 1. The minimum Gasteiger partial charge on any atom is -0.455 e. The van der Waals surface area contributed by atoms with Crippen LogP contribution in [0.25, 0.3) is 0 Å². The smallest absolute Gasteiger partial charge is 0.311 e. The Hall–Kier alpha value is -2.44. The molecule has 1 saturated heterocycles. The van der Waals surface area contributed by atoms with Crippen LogP contribution in [0.2, 0.25) is 0 Å². The standard InChI is InChI=1S/C24H29FN2O4/c25-19-3-1-2-4-20(19)27-12-18(8-22(27)29)23(30)31-13-21(28)26-14-24-9-15-5-16(10-24)7-17(6-15)11-24/h1-4,15-18H,5-14H2,(H,26,28)/t15?,16?,17?,18-,24?/m0/s1. The molecule has 4 saturated carbocycles. The van der Waals surface area contributed by atoms with Crippen molar-refractivity contribution in [2.75, 3.05) is 24.6 Å². The molecule has 1 atom stereocenters. The zero-order valence-electron chi connectivity index (χ0n) is 17.6. The normalized spacial score (nSPS) is 33.6. The fourth-order valence-corrected chi connectivity index (χ4v) is 6.87. The zero-order valence-corrected chi connectivity index (χ0v) is 17.6. The van der Waals surface area contributed by atoms with Crippen LogP contribution >= 0.6 is 0 Å². The molecule has 0 radical (unpaired) electrons. The lowest BCUT2D eigenvalue weighted by Crippen LogP contribution is -2.51. The van der Waals surface area contributed by atoms with Gasteiger partial charge in [0.05, 0.1) is 11.6 Å². The lowest BCUT2D eigenvalue weighted by atomic mass is 9.49. The summed E-state index contributed by atoms with van der Waals surface area (Å²) in [5.74, 6) is 0.0571.